The van der Waals surface area contributed by atoms with Gasteiger partial charge in [-0.1, -0.05) is 44.2 Å². The van der Waals surface area contributed by atoms with Crippen molar-refractivity contribution in [3.05, 3.63) is 65.2 Å². The van der Waals surface area contributed by atoms with Crippen molar-refractivity contribution in [2.75, 3.05) is 6.61 Å². The third-order valence-corrected chi connectivity index (χ3v) is 4.56. The third-order valence-electron chi connectivity index (χ3n) is 4.56. The molecular weight excluding hydrogens is 438 g/mol. The molecule has 4 nitrogen and oxygen atoms in total. The number of ether oxygens (including phenoxy) is 1. The number of amides is 1. The van der Waals surface area contributed by atoms with Gasteiger partial charge in [0.25, 0.3) is 0 Å². The van der Waals surface area contributed by atoms with E-state index in [0.29, 0.717) is 24.1 Å². The van der Waals surface area contributed by atoms with Gasteiger partial charge in [-0.15, -0.1) is 0 Å². The Kier molecular flexibility index (Phi) is 8.17. The van der Waals surface area contributed by atoms with Crippen LogP contribution >= 0.6 is 0 Å². The first-order valence-electron chi connectivity index (χ1n) is 9.80. The number of nitrogens with two attached hydrogens (primary N) is 1. The summed E-state index contributed by atoms with van der Waals surface area (Å²) in [5.74, 6) is -0.974. The fourth-order valence-electron chi connectivity index (χ4n) is 2.99. The summed E-state index contributed by atoms with van der Waals surface area (Å²) in [6.07, 6.45) is -9.58. The summed E-state index contributed by atoms with van der Waals surface area (Å²) in [7, 11) is 0. The maximum atomic E-state index is 13.1. The quantitative estimate of drug-likeness (QED) is 0.521. The number of halogens is 6. The number of hydrogen-bond donors (Lipinski definition) is 2. The molecule has 0 aromatic heterocycles. The number of nitrogens with one attached hydrogen (secondary N) is 1. The minimum atomic E-state index is -4.99. The molecule has 0 fully saturated rings. The molecule has 0 aliphatic heterocycles. The maximum Gasteiger partial charge on any atom is 0.416 e. The number of hydrogen-bond acceptors (Lipinski definition) is 3. The second-order valence-electron chi connectivity index (χ2n) is 7.76. The lowest BCUT2D eigenvalue weighted by atomic mass is 10.0. The van der Waals surface area contributed by atoms with E-state index in [1.54, 1.807) is 30.3 Å². The van der Waals surface area contributed by atoms with E-state index in [-0.39, 0.29) is 12.0 Å². The lowest BCUT2D eigenvalue weighted by Gasteiger charge is -2.23. The molecule has 0 bridgehead atoms. The Bertz CT molecular complexity index is 865. The number of carbonyl (C=O) groups excluding carboxylic acids is 1. The molecule has 176 valence electrons. The SMILES string of the molecule is CC(C)C[C@@H](N)C(=O)NC(COc1cc(C(F)(F)F)cc(C(F)(F)F)c1)c1ccccc1. The van der Waals surface area contributed by atoms with E-state index in [1.165, 1.54) is 0 Å². The molecule has 2 atom stereocenters. The van der Waals surface area contributed by atoms with Crippen molar-refractivity contribution in [2.45, 2.75) is 44.7 Å². The van der Waals surface area contributed by atoms with Crippen molar-refractivity contribution in [3.63, 3.8) is 0 Å². The van der Waals surface area contributed by atoms with Crippen LogP contribution in [0.25, 0.3) is 0 Å². The van der Waals surface area contributed by atoms with Crippen LogP contribution in [0.15, 0.2) is 48.5 Å². The molecule has 10 heteroatoms. The van der Waals surface area contributed by atoms with Crippen LogP contribution in [-0.2, 0) is 17.1 Å². The Hall–Kier alpha value is -2.75. The molecule has 0 saturated heterocycles. The molecule has 0 radical (unpaired) electrons. The second kappa shape index (κ2) is 10.2. The highest BCUT2D eigenvalue weighted by molar-refractivity contribution is 5.81. The smallest absolute Gasteiger partial charge is 0.416 e. The van der Waals surface area contributed by atoms with Gasteiger partial charge in [-0.05, 0) is 36.1 Å². The molecule has 0 heterocycles. The van der Waals surface area contributed by atoms with Gasteiger partial charge in [0.15, 0.2) is 0 Å². The van der Waals surface area contributed by atoms with E-state index >= 15 is 0 Å². The average Bonchev–Trinajstić information content (AvgIpc) is 2.69. The predicted octanol–water partition coefficient (Wildman–Crippen LogP) is 5.33. The summed E-state index contributed by atoms with van der Waals surface area (Å²) in [5.41, 5.74) is 3.47. The number of carbonyl (C=O) groups is 1. The van der Waals surface area contributed by atoms with Crippen LogP contribution in [0.5, 0.6) is 5.75 Å². The zero-order valence-corrected chi connectivity index (χ0v) is 17.4. The predicted molar refractivity (Wildman–Crippen MR) is 107 cm³/mol. The fraction of sp³-hybridized carbons (Fsp3) is 0.409. The molecule has 1 unspecified atom stereocenters. The van der Waals surface area contributed by atoms with Gasteiger partial charge in [0.1, 0.15) is 12.4 Å². The van der Waals surface area contributed by atoms with Crippen molar-refractivity contribution in [3.8, 4) is 5.75 Å². The molecule has 32 heavy (non-hydrogen) atoms. The summed E-state index contributed by atoms with van der Waals surface area (Å²) >= 11 is 0. The zero-order chi connectivity index (χ0) is 24.1. The molecule has 3 N–H and O–H groups in total. The van der Waals surface area contributed by atoms with Crippen LogP contribution in [0.2, 0.25) is 0 Å². The lowest BCUT2D eigenvalue weighted by Crippen LogP contribution is -2.44. The van der Waals surface area contributed by atoms with Gasteiger partial charge in [-0.3, -0.25) is 4.79 Å². The highest BCUT2D eigenvalue weighted by Gasteiger charge is 2.37. The summed E-state index contributed by atoms with van der Waals surface area (Å²) in [6, 6.07) is 7.70. The normalized spacial score (nSPS) is 14.2. The van der Waals surface area contributed by atoms with E-state index in [9.17, 15) is 31.1 Å². The fourth-order valence-corrected chi connectivity index (χ4v) is 2.99. The first-order valence-corrected chi connectivity index (χ1v) is 9.80. The van der Waals surface area contributed by atoms with Gasteiger partial charge in [-0.2, -0.15) is 26.3 Å². The molecule has 0 aliphatic rings. The van der Waals surface area contributed by atoms with Crippen LogP contribution in [0, 0.1) is 5.92 Å². The van der Waals surface area contributed by atoms with Crippen molar-refractivity contribution in [1.29, 1.82) is 0 Å². The topological polar surface area (TPSA) is 64.4 Å². The monoisotopic (exact) mass is 462 g/mol. The summed E-state index contributed by atoms with van der Waals surface area (Å²) < 4.78 is 83.7. The molecule has 0 saturated carbocycles. The summed E-state index contributed by atoms with van der Waals surface area (Å²) in [6.45, 7) is 3.37. The second-order valence-corrected chi connectivity index (χ2v) is 7.76. The lowest BCUT2D eigenvalue weighted by molar-refractivity contribution is -0.143. The highest BCUT2D eigenvalue weighted by Crippen LogP contribution is 2.38. The summed E-state index contributed by atoms with van der Waals surface area (Å²) in [5, 5.41) is 2.67. The number of benzene rings is 2. The van der Waals surface area contributed by atoms with Crippen LogP contribution < -0.4 is 15.8 Å². The minimum absolute atomic E-state index is 0.0221. The van der Waals surface area contributed by atoms with Crippen molar-refractivity contribution >= 4 is 5.91 Å². The van der Waals surface area contributed by atoms with E-state index in [4.69, 9.17) is 10.5 Å². The van der Waals surface area contributed by atoms with Gasteiger partial charge in [0.05, 0.1) is 23.2 Å². The first kappa shape index (κ1) is 25.5. The summed E-state index contributed by atoms with van der Waals surface area (Å²) in [4.78, 5) is 12.5. The first-order chi connectivity index (χ1) is 14.8. The van der Waals surface area contributed by atoms with E-state index < -0.39 is 53.8 Å². The molecular formula is C22H24F6N2O2. The van der Waals surface area contributed by atoms with Gasteiger partial charge >= 0.3 is 12.4 Å². The Labute approximate surface area is 181 Å². The van der Waals surface area contributed by atoms with Crippen LogP contribution in [-0.4, -0.2) is 18.6 Å². The van der Waals surface area contributed by atoms with Gasteiger partial charge in [0, 0.05) is 0 Å². The van der Waals surface area contributed by atoms with Crippen LogP contribution in [0.3, 0.4) is 0 Å². The van der Waals surface area contributed by atoms with Gasteiger partial charge in [-0.25, -0.2) is 0 Å². The van der Waals surface area contributed by atoms with Crippen molar-refractivity contribution in [1.82, 2.24) is 5.32 Å². The standard InChI is InChI=1S/C22H24F6N2O2/c1-13(2)8-18(29)20(31)30-19(14-6-4-3-5-7-14)12-32-17-10-15(21(23,24)25)9-16(11-17)22(26,27)28/h3-7,9-11,13,18-19H,8,12,29H2,1-2H3,(H,30,31)/t18-,19?/m1/s1. The van der Waals surface area contributed by atoms with E-state index in [0.717, 1.165) is 0 Å². The molecule has 0 aliphatic carbocycles. The third kappa shape index (κ3) is 7.44. The average molecular weight is 462 g/mol. The van der Waals surface area contributed by atoms with Gasteiger partial charge < -0.3 is 15.8 Å². The van der Waals surface area contributed by atoms with E-state index in [2.05, 4.69) is 5.32 Å². The Morgan fingerprint density at radius 1 is 0.969 bits per heavy atom. The number of alkyl halides is 6. The molecule has 1 amide bonds. The van der Waals surface area contributed by atoms with Crippen molar-refractivity contribution < 1.29 is 35.9 Å². The van der Waals surface area contributed by atoms with Gasteiger partial charge in [0.2, 0.25) is 5.91 Å². The molecule has 2 aromatic carbocycles. The molecule has 0 spiro atoms. The molecule has 2 aromatic rings. The zero-order valence-electron chi connectivity index (χ0n) is 17.4. The highest BCUT2D eigenvalue weighted by atomic mass is 19.4. The number of rotatable bonds is 8. The minimum Gasteiger partial charge on any atom is -0.491 e. The van der Waals surface area contributed by atoms with Crippen LogP contribution in [0.1, 0.15) is 43.0 Å². The van der Waals surface area contributed by atoms with Crippen molar-refractivity contribution in [2.24, 2.45) is 11.7 Å². The largest absolute Gasteiger partial charge is 0.491 e. The Balaban J connectivity index is 2.28. The Morgan fingerprint density at radius 3 is 1.97 bits per heavy atom. The Morgan fingerprint density at radius 2 is 1.50 bits per heavy atom. The van der Waals surface area contributed by atoms with Crippen LogP contribution in [0.4, 0.5) is 26.3 Å². The molecule has 2 rings (SSSR count). The maximum absolute atomic E-state index is 13.1. The van der Waals surface area contributed by atoms with E-state index in [1.807, 2.05) is 13.8 Å².